The van der Waals surface area contributed by atoms with Crippen molar-refractivity contribution < 1.29 is 9.53 Å². The second kappa shape index (κ2) is 7.57. The standard InChI is InChI=1S/C17H23NO2S2/c1-11(2)14-10-22-17(21)18(14)16(19)12(3)15(20-4)13-8-6-5-7-9-13/h5-9,11-12,14-15H,10H2,1-4H3/t12-,14-,15+/m1/s1. The van der Waals surface area contributed by atoms with E-state index in [1.807, 2.05) is 42.2 Å². The zero-order chi connectivity index (χ0) is 16.3. The van der Waals surface area contributed by atoms with Gasteiger partial charge in [0.15, 0.2) is 0 Å². The van der Waals surface area contributed by atoms with Gasteiger partial charge in [-0.1, -0.05) is 75.1 Å². The summed E-state index contributed by atoms with van der Waals surface area (Å²) in [5, 5.41) is 0. The average molecular weight is 338 g/mol. The third-order valence-electron chi connectivity index (χ3n) is 4.14. The molecular formula is C17H23NO2S2. The summed E-state index contributed by atoms with van der Waals surface area (Å²) in [6, 6.07) is 10.1. The zero-order valence-corrected chi connectivity index (χ0v) is 15.1. The lowest BCUT2D eigenvalue weighted by atomic mass is 9.94. The lowest BCUT2D eigenvalue weighted by molar-refractivity contribution is -0.137. The summed E-state index contributed by atoms with van der Waals surface area (Å²) >= 11 is 7.00. The van der Waals surface area contributed by atoms with Gasteiger partial charge in [0.1, 0.15) is 4.32 Å². The average Bonchev–Trinajstić information content (AvgIpc) is 2.90. The van der Waals surface area contributed by atoms with Gasteiger partial charge in [-0.15, -0.1) is 0 Å². The Morgan fingerprint density at radius 2 is 1.95 bits per heavy atom. The van der Waals surface area contributed by atoms with E-state index in [1.54, 1.807) is 18.9 Å². The number of rotatable bonds is 5. The molecule has 3 atom stereocenters. The third-order valence-corrected chi connectivity index (χ3v) is 5.64. The highest BCUT2D eigenvalue weighted by molar-refractivity contribution is 8.23. The van der Waals surface area contributed by atoms with Crippen molar-refractivity contribution in [3.05, 3.63) is 35.9 Å². The Morgan fingerprint density at radius 1 is 1.32 bits per heavy atom. The molecule has 5 heteroatoms. The van der Waals surface area contributed by atoms with Crippen molar-refractivity contribution in [1.82, 2.24) is 4.90 Å². The van der Waals surface area contributed by atoms with Crippen LogP contribution in [-0.4, -0.2) is 34.0 Å². The summed E-state index contributed by atoms with van der Waals surface area (Å²) in [7, 11) is 1.65. The van der Waals surface area contributed by atoms with Crippen LogP contribution in [0.25, 0.3) is 0 Å². The van der Waals surface area contributed by atoms with Gasteiger partial charge in [-0.25, -0.2) is 0 Å². The van der Waals surface area contributed by atoms with E-state index in [-0.39, 0.29) is 24.0 Å². The van der Waals surface area contributed by atoms with E-state index in [0.29, 0.717) is 10.2 Å². The van der Waals surface area contributed by atoms with E-state index >= 15 is 0 Å². The van der Waals surface area contributed by atoms with Crippen molar-refractivity contribution in [3.8, 4) is 0 Å². The number of benzene rings is 1. The quantitative estimate of drug-likeness (QED) is 0.762. The summed E-state index contributed by atoms with van der Waals surface area (Å²) < 4.78 is 6.31. The van der Waals surface area contributed by atoms with Crippen molar-refractivity contribution in [2.24, 2.45) is 11.8 Å². The molecule has 3 nitrogen and oxygen atoms in total. The van der Waals surface area contributed by atoms with E-state index in [4.69, 9.17) is 17.0 Å². The number of carbonyl (C=O) groups is 1. The molecule has 0 radical (unpaired) electrons. The third kappa shape index (κ3) is 3.53. The van der Waals surface area contributed by atoms with Crippen LogP contribution < -0.4 is 0 Å². The largest absolute Gasteiger partial charge is 0.376 e. The number of hydrogen-bond donors (Lipinski definition) is 0. The van der Waals surface area contributed by atoms with Gasteiger partial charge >= 0.3 is 0 Å². The minimum absolute atomic E-state index is 0.0596. The van der Waals surface area contributed by atoms with Gasteiger partial charge in [-0.05, 0) is 11.5 Å². The van der Waals surface area contributed by atoms with Crippen LogP contribution in [0.1, 0.15) is 32.4 Å². The van der Waals surface area contributed by atoms with E-state index in [9.17, 15) is 4.79 Å². The molecule has 0 saturated carbocycles. The van der Waals surface area contributed by atoms with Crippen molar-refractivity contribution >= 4 is 34.2 Å². The molecule has 1 heterocycles. The lowest BCUT2D eigenvalue weighted by Crippen LogP contribution is -2.45. The molecule has 0 bridgehead atoms. The lowest BCUT2D eigenvalue weighted by Gasteiger charge is -2.31. The molecule has 0 N–H and O–H groups in total. The molecule has 120 valence electrons. The van der Waals surface area contributed by atoms with Gasteiger partial charge in [0.05, 0.1) is 12.0 Å². The Kier molecular flexibility index (Phi) is 6.01. The van der Waals surface area contributed by atoms with Crippen LogP contribution >= 0.6 is 24.0 Å². The maximum Gasteiger partial charge on any atom is 0.234 e. The van der Waals surface area contributed by atoms with Crippen LogP contribution in [0.15, 0.2) is 30.3 Å². The van der Waals surface area contributed by atoms with Crippen LogP contribution in [-0.2, 0) is 9.53 Å². The minimum Gasteiger partial charge on any atom is -0.376 e. The molecule has 1 aromatic rings. The van der Waals surface area contributed by atoms with E-state index in [1.165, 1.54) is 0 Å². The molecule has 0 spiro atoms. The zero-order valence-electron chi connectivity index (χ0n) is 13.5. The predicted octanol–water partition coefficient (Wildman–Crippen LogP) is 3.90. The summed E-state index contributed by atoms with van der Waals surface area (Å²) in [6.45, 7) is 6.19. The van der Waals surface area contributed by atoms with Gasteiger partial charge in [0.2, 0.25) is 5.91 Å². The number of hydrogen-bond acceptors (Lipinski definition) is 4. The SMILES string of the molecule is CO[C@H](c1ccccc1)[C@@H](C)C(=O)N1C(=S)SC[C@@H]1C(C)C. The Bertz CT molecular complexity index is 533. The summed E-state index contributed by atoms with van der Waals surface area (Å²) in [5.74, 6) is 1.06. The minimum atomic E-state index is -0.273. The fraction of sp³-hybridized carbons (Fsp3) is 0.529. The molecule has 1 fully saturated rings. The molecular weight excluding hydrogens is 314 g/mol. The Hall–Kier alpha value is -0.910. The first-order chi connectivity index (χ1) is 10.5. The van der Waals surface area contributed by atoms with Gasteiger partial charge in [-0.2, -0.15) is 0 Å². The first-order valence-electron chi connectivity index (χ1n) is 7.55. The number of nitrogens with zero attached hydrogens (tertiary/aromatic N) is 1. The number of thiocarbonyl (C=S) groups is 1. The fourth-order valence-corrected chi connectivity index (χ4v) is 4.44. The first-order valence-corrected chi connectivity index (χ1v) is 8.94. The van der Waals surface area contributed by atoms with Crippen molar-refractivity contribution in [3.63, 3.8) is 0 Å². The molecule has 0 aromatic heterocycles. The maximum absolute atomic E-state index is 13.0. The topological polar surface area (TPSA) is 29.5 Å². The van der Waals surface area contributed by atoms with Crippen molar-refractivity contribution in [2.75, 3.05) is 12.9 Å². The van der Waals surface area contributed by atoms with Crippen LogP contribution in [0.3, 0.4) is 0 Å². The smallest absolute Gasteiger partial charge is 0.234 e. The second-order valence-corrected chi connectivity index (χ2v) is 7.61. The first kappa shape index (κ1) is 17.4. The summed E-state index contributed by atoms with van der Waals surface area (Å²) in [6.07, 6.45) is -0.255. The van der Waals surface area contributed by atoms with Crippen LogP contribution in [0.4, 0.5) is 0 Å². The Labute approximate surface area is 142 Å². The van der Waals surface area contributed by atoms with Crippen molar-refractivity contribution in [1.29, 1.82) is 0 Å². The van der Waals surface area contributed by atoms with Crippen LogP contribution in [0.5, 0.6) is 0 Å². The normalized spacial score (nSPS) is 21.2. The summed E-state index contributed by atoms with van der Waals surface area (Å²) in [5.41, 5.74) is 1.02. The number of carbonyl (C=O) groups excluding carboxylic acids is 1. The van der Waals surface area contributed by atoms with E-state index < -0.39 is 0 Å². The monoisotopic (exact) mass is 337 g/mol. The van der Waals surface area contributed by atoms with Gasteiger partial charge in [-0.3, -0.25) is 9.69 Å². The molecule has 1 amide bonds. The maximum atomic E-state index is 13.0. The highest BCUT2D eigenvalue weighted by Crippen LogP contribution is 2.34. The molecule has 0 unspecified atom stereocenters. The highest BCUT2D eigenvalue weighted by atomic mass is 32.2. The van der Waals surface area contributed by atoms with E-state index in [2.05, 4.69) is 13.8 Å². The van der Waals surface area contributed by atoms with Gasteiger partial charge < -0.3 is 4.74 Å². The van der Waals surface area contributed by atoms with Gasteiger partial charge in [0.25, 0.3) is 0 Å². The Morgan fingerprint density at radius 3 is 2.50 bits per heavy atom. The van der Waals surface area contributed by atoms with Gasteiger partial charge in [0, 0.05) is 18.9 Å². The van der Waals surface area contributed by atoms with E-state index in [0.717, 1.165) is 11.3 Å². The number of methoxy groups -OCH3 is 1. The Balaban J connectivity index is 2.21. The fourth-order valence-electron chi connectivity index (χ4n) is 2.80. The molecule has 1 aromatic carbocycles. The molecule has 2 rings (SSSR count). The predicted molar refractivity (Wildman–Crippen MR) is 95.9 cm³/mol. The molecule has 0 aliphatic carbocycles. The number of ether oxygens (including phenoxy) is 1. The highest BCUT2D eigenvalue weighted by Gasteiger charge is 2.39. The van der Waals surface area contributed by atoms with Crippen LogP contribution in [0, 0.1) is 11.8 Å². The number of amides is 1. The molecule has 1 aliphatic rings. The molecule has 1 aliphatic heterocycles. The number of thioether (sulfide) groups is 1. The summed E-state index contributed by atoms with van der Waals surface area (Å²) in [4.78, 5) is 14.8. The molecule has 1 saturated heterocycles. The van der Waals surface area contributed by atoms with Crippen molar-refractivity contribution in [2.45, 2.75) is 32.9 Å². The molecule has 22 heavy (non-hydrogen) atoms. The van der Waals surface area contributed by atoms with Crippen LogP contribution in [0.2, 0.25) is 0 Å². The second-order valence-electron chi connectivity index (χ2n) is 5.95.